The Morgan fingerprint density at radius 1 is 1.41 bits per heavy atom. The fraction of sp³-hybridized carbons (Fsp3) is 0.588. The molecule has 27 heavy (non-hydrogen) atoms. The first-order valence-corrected chi connectivity index (χ1v) is 9.56. The van der Waals surface area contributed by atoms with E-state index in [4.69, 9.17) is 18.3 Å². The number of carbonyl (C=O) groups excluding carboxylic acids is 2. The Morgan fingerprint density at radius 3 is 2.78 bits per heavy atom. The maximum atomic E-state index is 12.8. The third-order valence-corrected chi connectivity index (χ3v) is 6.37. The SMILES string of the molecule is Cc1oc(=O)oc1COC(=O)C1=C([C@H]2CCCO2)SC2C([C@H](C)O)C(=O)N12. The summed E-state index contributed by atoms with van der Waals surface area (Å²) in [6.07, 6.45) is 0.548. The molecule has 3 aliphatic heterocycles. The van der Waals surface area contributed by atoms with E-state index >= 15 is 0 Å². The Kier molecular flexibility index (Phi) is 4.65. The molecule has 2 saturated heterocycles. The van der Waals surface area contributed by atoms with Crippen molar-refractivity contribution in [2.24, 2.45) is 5.92 Å². The molecular formula is C17H19NO8S. The summed E-state index contributed by atoms with van der Waals surface area (Å²) in [5, 5.41) is 9.53. The van der Waals surface area contributed by atoms with Gasteiger partial charge in [0.25, 0.3) is 0 Å². The molecule has 10 heteroatoms. The van der Waals surface area contributed by atoms with Gasteiger partial charge in [0.05, 0.1) is 18.1 Å². The number of esters is 1. The highest BCUT2D eigenvalue weighted by Crippen LogP contribution is 2.52. The molecule has 0 spiro atoms. The number of ether oxygens (including phenoxy) is 2. The van der Waals surface area contributed by atoms with E-state index in [-0.39, 0.29) is 41.2 Å². The smallest absolute Gasteiger partial charge is 0.453 e. The van der Waals surface area contributed by atoms with E-state index in [1.165, 1.54) is 23.6 Å². The molecule has 2 unspecified atom stereocenters. The number of hydrogen-bond donors (Lipinski definition) is 1. The maximum Gasteiger partial charge on any atom is 0.519 e. The summed E-state index contributed by atoms with van der Waals surface area (Å²) in [5.41, 5.74) is 0.155. The van der Waals surface area contributed by atoms with Crippen molar-refractivity contribution in [1.29, 1.82) is 0 Å². The second kappa shape index (κ2) is 6.84. The van der Waals surface area contributed by atoms with Gasteiger partial charge in [0.15, 0.2) is 18.1 Å². The zero-order valence-electron chi connectivity index (χ0n) is 14.8. The zero-order chi connectivity index (χ0) is 19.3. The molecule has 0 radical (unpaired) electrons. The average Bonchev–Trinajstić information content (AvgIpc) is 3.29. The van der Waals surface area contributed by atoms with Gasteiger partial charge in [-0.05, 0) is 26.7 Å². The fourth-order valence-electron chi connectivity index (χ4n) is 3.52. The third kappa shape index (κ3) is 3.01. The Morgan fingerprint density at radius 2 is 2.19 bits per heavy atom. The minimum Gasteiger partial charge on any atom is -0.453 e. The molecule has 1 aromatic rings. The molecule has 146 valence electrons. The first kappa shape index (κ1) is 18.3. The first-order chi connectivity index (χ1) is 12.9. The van der Waals surface area contributed by atoms with Gasteiger partial charge in [0.2, 0.25) is 5.91 Å². The van der Waals surface area contributed by atoms with Crippen LogP contribution in [0.5, 0.6) is 0 Å². The minimum absolute atomic E-state index is 0.117. The average molecular weight is 397 g/mol. The van der Waals surface area contributed by atoms with E-state index in [2.05, 4.69) is 0 Å². The van der Waals surface area contributed by atoms with Crippen molar-refractivity contribution in [2.45, 2.75) is 50.9 Å². The third-order valence-electron chi connectivity index (χ3n) is 4.91. The number of rotatable bonds is 5. The number of fused-ring (bicyclic) bond motifs is 1. The summed E-state index contributed by atoms with van der Waals surface area (Å²) in [6, 6.07) is 0. The topological polar surface area (TPSA) is 119 Å². The summed E-state index contributed by atoms with van der Waals surface area (Å²) in [4.78, 5) is 38.4. The maximum absolute atomic E-state index is 12.8. The van der Waals surface area contributed by atoms with E-state index in [1.807, 2.05) is 0 Å². The summed E-state index contributed by atoms with van der Waals surface area (Å²) >= 11 is 1.37. The van der Waals surface area contributed by atoms with Crippen LogP contribution in [0.1, 0.15) is 31.3 Å². The van der Waals surface area contributed by atoms with Crippen LogP contribution in [0.2, 0.25) is 0 Å². The van der Waals surface area contributed by atoms with Gasteiger partial charge in [0, 0.05) is 11.5 Å². The molecule has 4 rings (SSSR count). The van der Waals surface area contributed by atoms with Crippen LogP contribution >= 0.6 is 11.8 Å². The number of nitrogens with zero attached hydrogens (tertiary/aromatic N) is 1. The standard InChI is InChI=1S/C17H19NO8S/c1-7(19)11-14(20)18-12(13(27-15(11)18)9-4-3-5-23-9)16(21)24-6-10-8(2)25-17(22)26-10/h7,9,11,15,19H,3-6H2,1-2H3/t7-,9+,11?,15?/m0/s1. The fourth-order valence-corrected chi connectivity index (χ4v) is 5.21. The monoisotopic (exact) mass is 397 g/mol. The Balaban J connectivity index is 1.57. The minimum atomic E-state index is -0.869. The predicted molar refractivity (Wildman–Crippen MR) is 91.2 cm³/mol. The van der Waals surface area contributed by atoms with Crippen molar-refractivity contribution in [2.75, 3.05) is 6.61 Å². The van der Waals surface area contributed by atoms with Gasteiger partial charge < -0.3 is 23.4 Å². The lowest BCUT2D eigenvalue weighted by molar-refractivity contribution is -0.158. The second-order valence-corrected chi connectivity index (χ2v) is 7.87. The Bertz CT molecular complexity index is 863. The van der Waals surface area contributed by atoms with Crippen LogP contribution in [0.3, 0.4) is 0 Å². The molecule has 1 aromatic heterocycles. The summed E-state index contributed by atoms with van der Waals surface area (Å²) in [7, 11) is 0. The molecule has 0 aliphatic carbocycles. The quantitative estimate of drug-likeness (QED) is 0.570. The highest BCUT2D eigenvalue weighted by Gasteiger charge is 2.58. The molecule has 1 amide bonds. The van der Waals surface area contributed by atoms with Gasteiger partial charge >= 0.3 is 11.8 Å². The van der Waals surface area contributed by atoms with E-state index in [1.54, 1.807) is 6.92 Å². The highest BCUT2D eigenvalue weighted by atomic mass is 32.2. The number of aliphatic hydroxyl groups is 1. The van der Waals surface area contributed by atoms with Gasteiger partial charge in [-0.1, -0.05) is 11.8 Å². The van der Waals surface area contributed by atoms with E-state index in [0.717, 1.165) is 12.8 Å². The van der Waals surface area contributed by atoms with Crippen LogP contribution in [0, 0.1) is 12.8 Å². The van der Waals surface area contributed by atoms with Gasteiger partial charge in [-0.3, -0.25) is 9.69 Å². The van der Waals surface area contributed by atoms with Gasteiger partial charge in [-0.2, -0.15) is 0 Å². The molecule has 1 N–H and O–H groups in total. The molecule has 4 atom stereocenters. The lowest BCUT2D eigenvalue weighted by atomic mass is 9.92. The second-order valence-electron chi connectivity index (χ2n) is 6.71. The van der Waals surface area contributed by atoms with Crippen LogP contribution < -0.4 is 5.82 Å². The molecule has 0 bridgehead atoms. The number of thioether (sulfide) groups is 1. The molecular weight excluding hydrogens is 378 g/mol. The van der Waals surface area contributed by atoms with E-state index < -0.39 is 23.8 Å². The van der Waals surface area contributed by atoms with Crippen LogP contribution in [0.15, 0.2) is 24.2 Å². The zero-order valence-corrected chi connectivity index (χ0v) is 15.6. The van der Waals surface area contributed by atoms with Crippen molar-refractivity contribution in [1.82, 2.24) is 4.90 Å². The number of hydrogen-bond acceptors (Lipinski definition) is 9. The highest BCUT2D eigenvalue weighted by molar-refractivity contribution is 8.04. The van der Waals surface area contributed by atoms with Crippen LogP contribution in [-0.4, -0.2) is 46.1 Å². The van der Waals surface area contributed by atoms with Gasteiger partial charge in [0.1, 0.15) is 11.1 Å². The van der Waals surface area contributed by atoms with Crippen molar-refractivity contribution < 1.29 is 33.0 Å². The lowest BCUT2D eigenvalue weighted by Crippen LogP contribution is -2.60. The Hall–Kier alpha value is -2.04. The number of β-lactam (4-membered cyclic amide) rings is 1. The van der Waals surface area contributed by atoms with Crippen molar-refractivity contribution in [3.63, 3.8) is 0 Å². The molecule has 0 aromatic carbocycles. The van der Waals surface area contributed by atoms with Crippen molar-refractivity contribution >= 4 is 23.6 Å². The van der Waals surface area contributed by atoms with Crippen LogP contribution in [0.25, 0.3) is 0 Å². The first-order valence-electron chi connectivity index (χ1n) is 8.68. The number of aryl methyl sites for hydroxylation is 1. The predicted octanol–water partition coefficient (Wildman–Crippen LogP) is 0.887. The summed E-state index contributed by atoms with van der Waals surface area (Å²) < 4.78 is 20.5. The molecule has 2 fully saturated rings. The largest absolute Gasteiger partial charge is 0.519 e. The number of carbonyl (C=O) groups is 2. The molecule has 0 saturated carbocycles. The Labute approximate surface area is 158 Å². The van der Waals surface area contributed by atoms with E-state index in [9.17, 15) is 19.5 Å². The van der Waals surface area contributed by atoms with Gasteiger partial charge in [-0.15, -0.1) is 0 Å². The lowest BCUT2D eigenvalue weighted by Gasteiger charge is -2.43. The number of amides is 1. The molecule has 3 aliphatic rings. The van der Waals surface area contributed by atoms with Crippen LogP contribution in [0.4, 0.5) is 0 Å². The summed E-state index contributed by atoms with van der Waals surface area (Å²) in [6.45, 7) is 3.40. The van der Waals surface area contributed by atoms with Crippen molar-refractivity contribution in [3.8, 4) is 0 Å². The number of aliphatic hydroxyl groups excluding tert-OH is 1. The molecule has 9 nitrogen and oxygen atoms in total. The summed E-state index contributed by atoms with van der Waals surface area (Å²) in [5.74, 6) is -2.09. The normalized spacial score (nSPS) is 28.3. The van der Waals surface area contributed by atoms with Crippen LogP contribution in [-0.2, 0) is 25.7 Å². The van der Waals surface area contributed by atoms with E-state index in [0.29, 0.717) is 11.5 Å². The van der Waals surface area contributed by atoms with Gasteiger partial charge in [-0.25, -0.2) is 9.59 Å². The molecule has 4 heterocycles. The van der Waals surface area contributed by atoms with Crippen molar-refractivity contribution in [3.05, 3.63) is 32.7 Å².